The maximum atomic E-state index is 12.3. The molecule has 0 unspecified atom stereocenters. The van der Waals surface area contributed by atoms with Gasteiger partial charge in [-0.15, -0.1) is 0 Å². The molecule has 1 fully saturated rings. The van der Waals surface area contributed by atoms with E-state index in [0.29, 0.717) is 18.2 Å². The van der Waals surface area contributed by atoms with Crippen molar-refractivity contribution in [2.24, 2.45) is 5.92 Å². The minimum absolute atomic E-state index is 0.253. The molecule has 6 heteroatoms. The maximum absolute atomic E-state index is 12.3. The molecule has 112 valence electrons. The molecule has 0 bridgehead atoms. The van der Waals surface area contributed by atoms with Crippen LogP contribution in [0, 0.1) is 12.8 Å². The Hall–Kier alpha value is -1.11. The third-order valence-corrected chi connectivity index (χ3v) is 5.19. The number of nitrogens with two attached hydrogens (primary N) is 1. The van der Waals surface area contributed by atoms with E-state index in [4.69, 9.17) is 5.73 Å². The topological polar surface area (TPSA) is 75.4 Å². The van der Waals surface area contributed by atoms with Crippen molar-refractivity contribution in [3.8, 4) is 0 Å². The number of rotatable bonds is 4. The summed E-state index contributed by atoms with van der Waals surface area (Å²) >= 11 is 0. The van der Waals surface area contributed by atoms with E-state index in [1.807, 2.05) is 6.92 Å². The Morgan fingerprint density at radius 1 is 1.30 bits per heavy atom. The van der Waals surface area contributed by atoms with Crippen LogP contribution < -0.4 is 10.5 Å². The first-order chi connectivity index (χ1) is 9.37. The van der Waals surface area contributed by atoms with E-state index in [0.717, 1.165) is 31.5 Å². The predicted octanol–water partition coefficient (Wildman–Crippen LogP) is 1.20. The maximum Gasteiger partial charge on any atom is 0.240 e. The number of nitrogen functional groups attached to an aromatic ring is 1. The second kappa shape index (κ2) is 6.11. The number of hydrogen-bond acceptors (Lipinski definition) is 4. The van der Waals surface area contributed by atoms with Gasteiger partial charge in [0.05, 0.1) is 4.90 Å². The van der Waals surface area contributed by atoms with Gasteiger partial charge in [-0.3, -0.25) is 0 Å². The monoisotopic (exact) mass is 297 g/mol. The molecule has 1 aliphatic rings. The fourth-order valence-electron chi connectivity index (χ4n) is 2.51. The van der Waals surface area contributed by atoms with Gasteiger partial charge in [0.25, 0.3) is 0 Å². The number of hydrogen-bond donors (Lipinski definition) is 2. The molecule has 0 aromatic heterocycles. The summed E-state index contributed by atoms with van der Waals surface area (Å²) in [6.45, 7) is 4.41. The minimum atomic E-state index is -3.46. The lowest BCUT2D eigenvalue weighted by atomic mass is 9.98. The first kappa shape index (κ1) is 15.3. The van der Waals surface area contributed by atoms with Gasteiger partial charge >= 0.3 is 0 Å². The van der Waals surface area contributed by atoms with Gasteiger partial charge in [0.1, 0.15) is 0 Å². The first-order valence-corrected chi connectivity index (χ1v) is 8.40. The zero-order chi connectivity index (χ0) is 14.8. The Kier molecular flexibility index (Phi) is 4.67. The van der Waals surface area contributed by atoms with E-state index in [9.17, 15) is 8.42 Å². The van der Waals surface area contributed by atoms with E-state index < -0.39 is 10.0 Å². The lowest BCUT2D eigenvalue weighted by molar-refractivity contribution is 0.220. The minimum Gasteiger partial charge on any atom is -0.399 e. The largest absolute Gasteiger partial charge is 0.399 e. The Morgan fingerprint density at radius 3 is 2.55 bits per heavy atom. The second-order valence-electron chi connectivity index (χ2n) is 5.68. The zero-order valence-electron chi connectivity index (χ0n) is 12.1. The number of piperidine rings is 1. The van der Waals surface area contributed by atoms with Crippen molar-refractivity contribution in [3.05, 3.63) is 23.8 Å². The Morgan fingerprint density at radius 2 is 1.95 bits per heavy atom. The summed E-state index contributed by atoms with van der Waals surface area (Å²) in [6, 6.07) is 4.91. The Balaban J connectivity index is 2.00. The molecule has 1 saturated heterocycles. The summed E-state index contributed by atoms with van der Waals surface area (Å²) < 4.78 is 27.2. The SMILES string of the molecule is Cc1cc(N)cc(S(=O)(=O)NCC2CCN(C)CC2)c1. The van der Waals surface area contributed by atoms with Crippen molar-refractivity contribution < 1.29 is 8.42 Å². The van der Waals surface area contributed by atoms with Crippen LogP contribution in [0.25, 0.3) is 0 Å². The predicted molar refractivity (Wildman–Crippen MR) is 81.0 cm³/mol. The number of likely N-dealkylation sites (tertiary alicyclic amines) is 1. The van der Waals surface area contributed by atoms with Crippen LogP contribution >= 0.6 is 0 Å². The van der Waals surface area contributed by atoms with Crippen molar-refractivity contribution >= 4 is 15.7 Å². The molecular weight excluding hydrogens is 274 g/mol. The van der Waals surface area contributed by atoms with Crippen molar-refractivity contribution in [1.82, 2.24) is 9.62 Å². The number of benzene rings is 1. The average molecular weight is 297 g/mol. The molecular formula is C14H23N3O2S. The van der Waals surface area contributed by atoms with Gasteiger partial charge in [0, 0.05) is 12.2 Å². The molecule has 0 aliphatic carbocycles. The van der Waals surface area contributed by atoms with Crippen molar-refractivity contribution in [2.45, 2.75) is 24.7 Å². The second-order valence-corrected chi connectivity index (χ2v) is 7.44. The molecule has 0 saturated carbocycles. The third-order valence-electron chi connectivity index (χ3n) is 3.78. The van der Waals surface area contributed by atoms with Crippen molar-refractivity contribution in [2.75, 3.05) is 32.4 Å². The van der Waals surface area contributed by atoms with E-state index in [-0.39, 0.29) is 4.90 Å². The highest BCUT2D eigenvalue weighted by atomic mass is 32.2. The quantitative estimate of drug-likeness (QED) is 0.819. The molecule has 0 amide bonds. The summed E-state index contributed by atoms with van der Waals surface area (Å²) in [5.74, 6) is 0.420. The summed E-state index contributed by atoms with van der Waals surface area (Å²) in [5.41, 5.74) is 7.04. The van der Waals surface area contributed by atoms with Crippen LogP contribution in [0.1, 0.15) is 18.4 Å². The average Bonchev–Trinajstić information content (AvgIpc) is 2.37. The molecule has 5 nitrogen and oxygen atoms in total. The molecule has 1 aromatic rings. The fourth-order valence-corrected chi connectivity index (χ4v) is 3.76. The van der Waals surface area contributed by atoms with Gasteiger partial charge in [-0.25, -0.2) is 13.1 Å². The highest BCUT2D eigenvalue weighted by Crippen LogP contribution is 2.18. The van der Waals surface area contributed by atoms with Gasteiger partial charge in [0.15, 0.2) is 0 Å². The van der Waals surface area contributed by atoms with Gasteiger partial charge in [-0.2, -0.15) is 0 Å². The van der Waals surface area contributed by atoms with Crippen LogP contribution in [0.3, 0.4) is 0 Å². The summed E-state index contributed by atoms with van der Waals surface area (Å²) in [4.78, 5) is 2.52. The molecule has 0 radical (unpaired) electrons. The number of nitrogens with zero attached hydrogens (tertiary/aromatic N) is 1. The summed E-state index contributed by atoms with van der Waals surface area (Å²) in [7, 11) is -1.37. The highest BCUT2D eigenvalue weighted by molar-refractivity contribution is 7.89. The van der Waals surface area contributed by atoms with Gasteiger partial charge < -0.3 is 10.6 Å². The lowest BCUT2D eigenvalue weighted by Gasteiger charge is -2.28. The molecule has 0 spiro atoms. The van der Waals surface area contributed by atoms with Crippen LogP contribution in [0.15, 0.2) is 23.1 Å². The Bertz CT molecular complexity index is 544. The van der Waals surface area contributed by atoms with Crippen molar-refractivity contribution in [3.63, 3.8) is 0 Å². The molecule has 1 aliphatic heterocycles. The van der Waals surface area contributed by atoms with Crippen LogP contribution in [0.2, 0.25) is 0 Å². The molecule has 20 heavy (non-hydrogen) atoms. The number of nitrogens with one attached hydrogen (secondary N) is 1. The standard InChI is InChI=1S/C14H23N3O2S/c1-11-7-13(15)9-14(8-11)20(18,19)16-10-12-3-5-17(2)6-4-12/h7-9,12,16H,3-6,10,15H2,1-2H3. The summed E-state index contributed by atoms with van der Waals surface area (Å²) in [5, 5.41) is 0. The van der Waals surface area contributed by atoms with Crippen molar-refractivity contribution in [1.29, 1.82) is 0 Å². The van der Waals surface area contributed by atoms with Gasteiger partial charge in [0.2, 0.25) is 10.0 Å². The molecule has 1 aromatic carbocycles. The van der Waals surface area contributed by atoms with Crippen LogP contribution in [-0.4, -0.2) is 40.0 Å². The summed E-state index contributed by atoms with van der Waals surface area (Å²) in [6.07, 6.45) is 2.07. The molecule has 1 heterocycles. The van der Waals surface area contributed by atoms with Crippen LogP contribution in [-0.2, 0) is 10.0 Å². The normalized spacial score (nSPS) is 18.3. The van der Waals surface area contributed by atoms with Crippen LogP contribution in [0.5, 0.6) is 0 Å². The van der Waals surface area contributed by atoms with E-state index in [1.165, 1.54) is 6.07 Å². The number of anilines is 1. The third kappa shape index (κ3) is 3.94. The molecule has 0 atom stereocenters. The molecule has 3 N–H and O–H groups in total. The highest BCUT2D eigenvalue weighted by Gasteiger charge is 2.20. The smallest absolute Gasteiger partial charge is 0.240 e. The van der Waals surface area contributed by atoms with E-state index >= 15 is 0 Å². The number of sulfonamides is 1. The lowest BCUT2D eigenvalue weighted by Crippen LogP contribution is -2.36. The Labute approximate surface area is 121 Å². The van der Waals surface area contributed by atoms with E-state index in [1.54, 1.807) is 12.1 Å². The molecule has 2 rings (SSSR count). The zero-order valence-corrected chi connectivity index (χ0v) is 12.9. The fraction of sp³-hybridized carbons (Fsp3) is 0.571. The first-order valence-electron chi connectivity index (χ1n) is 6.92. The van der Waals surface area contributed by atoms with Crippen LogP contribution in [0.4, 0.5) is 5.69 Å². The van der Waals surface area contributed by atoms with E-state index in [2.05, 4.69) is 16.7 Å². The number of aryl methyl sites for hydroxylation is 1. The van der Waals surface area contributed by atoms with Gasteiger partial charge in [-0.1, -0.05) is 0 Å². The van der Waals surface area contributed by atoms with Gasteiger partial charge in [-0.05, 0) is 69.6 Å².